The van der Waals surface area contributed by atoms with Crippen LogP contribution < -0.4 is 5.56 Å². The molecule has 7 heteroatoms. The topological polar surface area (TPSA) is 47.8 Å². The summed E-state index contributed by atoms with van der Waals surface area (Å²) in [7, 11) is 0. The van der Waals surface area contributed by atoms with Crippen LogP contribution in [0.1, 0.15) is 5.56 Å². The van der Waals surface area contributed by atoms with Crippen molar-refractivity contribution in [2.45, 2.75) is 10.9 Å². The molecule has 0 bridgehead atoms. The molecule has 0 aliphatic heterocycles. The molecule has 0 atom stereocenters. The van der Waals surface area contributed by atoms with Crippen molar-refractivity contribution in [3.8, 4) is 5.69 Å². The summed E-state index contributed by atoms with van der Waals surface area (Å²) in [6.07, 6.45) is 1.61. The average molecular weight is 436 g/mol. The lowest BCUT2D eigenvalue weighted by atomic mass is 10.2. The van der Waals surface area contributed by atoms with Gasteiger partial charge >= 0.3 is 0 Å². The number of hydrogen-bond acceptors (Lipinski definition) is 5. The number of halogens is 1. The lowest BCUT2D eigenvalue weighted by Gasteiger charge is -2.13. The largest absolute Gasteiger partial charge is 0.285 e. The number of rotatable bonds is 4. The van der Waals surface area contributed by atoms with Gasteiger partial charge in [0, 0.05) is 21.7 Å². The van der Waals surface area contributed by atoms with Crippen molar-refractivity contribution in [3.63, 3.8) is 0 Å². The summed E-state index contributed by atoms with van der Waals surface area (Å²) in [5.74, 6) is 0.718. The SMILES string of the molecule is O=c1c2ncccc2nc(SCc2csc3ccccc23)n1-c1ccc(Cl)cc1. The van der Waals surface area contributed by atoms with E-state index in [9.17, 15) is 4.79 Å². The third kappa shape index (κ3) is 3.44. The average Bonchev–Trinajstić information content (AvgIpc) is 3.16. The number of hydrogen-bond donors (Lipinski definition) is 0. The Morgan fingerprint density at radius 3 is 2.72 bits per heavy atom. The first-order chi connectivity index (χ1) is 14.2. The van der Waals surface area contributed by atoms with E-state index in [1.165, 1.54) is 15.6 Å². The molecule has 0 aliphatic carbocycles. The van der Waals surface area contributed by atoms with Crippen LogP contribution in [0.4, 0.5) is 0 Å². The van der Waals surface area contributed by atoms with Crippen LogP contribution in [0.5, 0.6) is 0 Å². The minimum atomic E-state index is -0.185. The predicted molar refractivity (Wildman–Crippen MR) is 122 cm³/mol. The first-order valence-electron chi connectivity index (χ1n) is 8.92. The highest BCUT2D eigenvalue weighted by atomic mass is 35.5. The molecular weight excluding hydrogens is 422 g/mol. The van der Waals surface area contributed by atoms with Crippen molar-refractivity contribution >= 4 is 55.8 Å². The van der Waals surface area contributed by atoms with E-state index in [-0.39, 0.29) is 5.56 Å². The number of nitrogens with zero attached hydrogens (tertiary/aromatic N) is 3. The van der Waals surface area contributed by atoms with Crippen molar-refractivity contribution in [1.29, 1.82) is 0 Å². The van der Waals surface area contributed by atoms with E-state index in [0.29, 0.717) is 21.2 Å². The van der Waals surface area contributed by atoms with Gasteiger partial charge in [-0.05, 0) is 58.8 Å². The summed E-state index contributed by atoms with van der Waals surface area (Å²) < 4.78 is 2.87. The Hall–Kier alpha value is -2.67. The standard InChI is InChI=1S/C22H14ClN3OS2/c23-15-7-9-16(10-8-15)26-21(27)20-18(5-3-11-24-20)25-22(26)29-13-14-12-28-19-6-2-1-4-17(14)19/h1-12H,13H2. The zero-order chi connectivity index (χ0) is 19.8. The number of thiophene rings is 1. The molecule has 3 heterocycles. The summed E-state index contributed by atoms with van der Waals surface area (Å²) in [6, 6.07) is 19.2. The molecule has 0 spiro atoms. The Labute approximate surface area is 179 Å². The van der Waals surface area contributed by atoms with Crippen LogP contribution in [0.3, 0.4) is 0 Å². The van der Waals surface area contributed by atoms with Crippen LogP contribution in [-0.2, 0) is 5.75 Å². The minimum absolute atomic E-state index is 0.185. The van der Waals surface area contributed by atoms with Crippen LogP contribution in [0.25, 0.3) is 26.8 Å². The summed E-state index contributed by atoms with van der Waals surface area (Å²) in [6.45, 7) is 0. The maximum atomic E-state index is 13.2. The lowest BCUT2D eigenvalue weighted by Crippen LogP contribution is -2.22. The van der Waals surface area contributed by atoms with Gasteiger partial charge in [0.25, 0.3) is 5.56 Å². The molecule has 5 rings (SSSR count). The van der Waals surface area contributed by atoms with E-state index in [2.05, 4.69) is 22.5 Å². The predicted octanol–water partition coefficient (Wildman–Crippen LogP) is 5.94. The van der Waals surface area contributed by atoms with Gasteiger partial charge in [0.1, 0.15) is 0 Å². The van der Waals surface area contributed by atoms with E-state index in [0.717, 1.165) is 11.4 Å². The highest BCUT2D eigenvalue weighted by molar-refractivity contribution is 7.98. The van der Waals surface area contributed by atoms with E-state index in [1.807, 2.05) is 30.3 Å². The first kappa shape index (κ1) is 18.4. The van der Waals surface area contributed by atoms with Gasteiger partial charge < -0.3 is 0 Å². The zero-order valence-corrected chi connectivity index (χ0v) is 17.5. The van der Waals surface area contributed by atoms with E-state index in [4.69, 9.17) is 16.6 Å². The molecule has 5 aromatic rings. The number of thioether (sulfide) groups is 1. The summed E-state index contributed by atoms with van der Waals surface area (Å²) in [5, 5.41) is 4.67. The van der Waals surface area contributed by atoms with Crippen LogP contribution in [0, 0.1) is 0 Å². The maximum absolute atomic E-state index is 13.2. The van der Waals surface area contributed by atoms with Gasteiger partial charge in [-0.1, -0.05) is 41.6 Å². The minimum Gasteiger partial charge on any atom is -0.266 e. The van der Waals surface area contributed by atoms with Crippen molar-refractivity contribution in [1.82, 2.24) is 14.5 Å². The molecule has 0 radical (unpaired) electrons. The third-order valence-electron chi connectivity index (χ3n) is 4.60. The monoisotopic (exact) mass is 435 g/mol. The number of benzene rings is 2. The fraction of sp³-hybridized carbons (Fsp3) is 0.0455. The van der Waals surface area contributed by atoms with Crippen LogP contribution >= 0.6 is 34.7 Å². The van der Waals surface area contributed by atoms with Gasteiger partial charge in [0.2, 0.25) is 0 Å². The van der Waals surface area contributed by atoms with Crippen LogP contribution in [0.2, 0.25) is 5.02 Å². The van der Waals surface area contributed by atoms with E-state index in [1.54, 1.807) is 52.1 Å². The van der Waals surface area contributed by atoms with Gasteiger partial charge in [0.05, 0.1) is 11.2 Å². The fourth-order valence-electron chi connectivity index (χ4n) is 3.20. The molecule has 0 unspecified atom stereocenters. The Kier molecular flexibility index (Phi) is 4.83. The van der Waals surface area contributed by atoms with Crippen molar-refractivity contribution in [2.24, 2.45) is 0 Å². The van der Waals surface area contributed by atoms with Gasteiger partial charge in [-0.2, -0.15) is 0 Å². The Morgan fingerprint density at radius 1 is 1.03 bits per heavy atom. The zero-order valence-electron chi connectivity index (χ0n) is 15.1. The molecule has 0 saturated heterocycles. The van der Waals surface area contributed by atoms with Crippen molar-refractivity contribution < 1.29 is 0 Å². The molecule has 0 fully saturated rings. The molecule has 4 nitrogen and oxygen atoms in total. The second-order valence-electron chi connectivity index (χ2n) is 6.43. The molecule has 142 valence electrons. The number of fused-ring (bicyclic) bond motifs is 2. The van der Waals surface area contributed by atoms with Crippen LogP contribution in [0.15, 0.2) is 82.2 Å². The maximum Gasteiger partial charge on any atom is 0.285 e. The molecule has 0 N–H and O–H groups in total. The molecule has 29 heavy (non-hydrogen) atoms. The Bertz CT molecular complexity index is 1390. The molecule has 0 aliphatic rings. The van der Waals surface area contributed by atoms with Gasteiger partial charge in [0.15, 0.2) is 10.7 Å². The van der Waals surface area contributed by atoms with Crippen LogP contribution in [-0.4, -0.2) is 14.5 Å². The van der Waals surface area contributed by atoms with E-state index < -0.39 is 0 Å². The second kappa shape index (κ2) is 7.63. The Morgan fingerprint density at radius 2 is 1.86 bits per heavy atom. The summed E-state index contributed by atoms with van der Waals surface area (Å²) in [5.41, 5.74) is 2.72. The van der Waals surface area contributed by atoms with Crippen molar-refractivity contribution in [2.75, 3.05) is 0 Å². The smallest absolute Gasteiger partial charge is 0.266 e. The lowest BCUT2D eigenvalue weighted by molar-refractivity contribution is 0.815. The normalized spacial score (nSPS) is 11.3. The summed E-state index contributed by atoms with van der Waals surface area (Å²) in [4.78, 5) is 22.2. The van der Waals surface area contributed by atoms with Gasteiger partial charge in [-0.15, -0.1) is 11.3 Å². The molecule has 0 amide bonds. The fourth-order valence-corrected chi connectivity index (χ4v) is 5.40. The van der Waals surface area contributed by atoms with Gasteiger partial charge in [-0.3, -0.25) is 9.36 Å². The second-order valence-corrected chi connectivity index (χ2v) is 8.72. The highest BCUT2D eigenvalue weighted by Crippen LogP contribution is 2.31. The number of pyridine rings is 1. The third-order valence-corrected chi connectivity index (χ3v) is 6.85. The Balaban J connectivity index is 1.62. The molecule has 0 saturated carbocycles. The summed E-state index contributed by atoms with van der Waals surface area (Å²) >= 11 is 9.31. The van der Waals surface area contributed by atoms with Crippen molar-refractivity contribution in [3.05, 3.63) is 93.2 Å². The molecule has 2 aromatic carbocycles. The molecule has 3 aromatic heterocycles. The van der Waals surface area contributed by atoms with E-state index >= 15 is 0 Å². The number of aromatic nitrogens is 3. The van der Waals surface area contributed by atoms with Gasteiger partial charge in [-0.25, -0.2) is 9.97 Å². The highest BCUT2D eigenvalue weighted by Gasteiger charge is 2.15. The quantitative estimate of drug-likeness (QED) is 0.259. The first-order valence-corrected chi connectivity index (χ1v) is 11.2. The molecular formula is C22H14ClN3OS2.